The minimum atomic E-state index is -0.270. The van der Waals surface area contributed by atoms with E-state index in [0.29, 0.717) is 12.3 Å². The van der Waals surface area contributed by atoms with Crippen molar-refractivity contribution in [3.63, 3.8) is 0 Å². The molecule has 0 heterocycles. The molecular formula is C10H16O3. The van der Waals surface area contributed by atoms with Gasteiger partial charge in [-0.15, -0.1) is 0 Å². The molecule has 0 amide bonds. The quantitative estimate of drug-likeness (QED) is 0.611. The van der Waals surface area contributed by atoms with E-state index in [4.69, 9.17) is 0 Å². The van der Waals surface area contributed by atoms with E-state index in [1.165, 1.54) is 7.11 Å². The van der Waals surface area contributed by atoms with Crippen LogP contribution in [0.3, 0.4) is 0 Å². The summed E-state index contributed by atoms with van der Waals surface area (Å²) in [5, 5.41) is 0. The number of hydrogen-bond acceptors (Lipinski definition) is 3. The lowest BCUT2D eigenvalue weighted by Crippen LogP contribution is -2.26. The second-order valence-electron chi connectivity index (χ2n) is 3.83. The van der Waals surface area contributed by atoms with Crippen LogP contribution in [0.1, 0.15) is 32.6 Å². The van der Waals surface area contributed by atoms with Crippen LogP contribution < -0.4 is 0 Å². The fourth-order valence-electron chi connectivity index (χ4n) is 1.76. The Morgan fingerprint density at radius 3 is 2.77 bits per heavy atom. The third-order valence-corrected chi connectivity index (χ3v) is 2.65. The van der Waals surface area contributed by atoms with E-state index in [0.717, 1.165) is 12.8 Å². The fraction of sp³-hybridized carbons (Fsp3) is 0.800. The Hall–Kier alpha value is -0.860. The molecule has 0 radical (unpaired) electrons. The second kappa shape index (κ2) is 4.40. The van der Waals surface area contributed by atoms with Gasteiger partial charge < -0.3 is 4.74 Å². The molecule has 1 saturated carbocycles. The van der Waals surface area contributed by atoms with Gasteiger partial charge in [0.05, 0.1) is 13.5 Å². The van der Waals surface area contributed by atoms with Crippen LogP contribution in [-0.4, -0.2) is 18.9 Å². The largest absolute Gasteiger partial charge is 0.469 e. The van der Waals surface area contributed by atoms with Crippen molar-refractivity contribution in [3.8, 4) is 0 Å². The summed E-state index contributed by atoms with van der Waals surface area (Å²) in [7, 11) is 1.36. The molecule has 0 bridgehead atoms. The maximum absolute atomic E-state index is 11.4. The summed E-state index contributed by atoms with van der Waals surface area (Å²) < 4.78 is 4.54. The Morgan fingerprint density at radius 2 is 2.23 bits per heavy atom. The maximum Gasteiger partial charge on any atom is 0.306 e. The van der Waals surface area contributed by atoms with E-state index in [1.54, 1.807) is 0 Å². The van der Waals surface area contributed by atoms with Gasteiger partial charge >= 0.3 is 5.97 Å². The van der Waals surface area contributed by atoms with Crippen LogP contribution in [0.15, 0.2) is 0 Å². The molecule has 13 heavy (non-hydrogen) atoms. The zero-order chi connectivity index (χ0) is 9.84. The van der Waals surface area contributed by atoms with Crippen molar-refractivity contribution < 1.29 is 14.3 Å². The SMILES string of the molecule is COC(=O)CC1CCC(C)CC1=O. The maximum atomic E-state index is 11.4. The van der Waals surface area contributed by atoms with Gasteiger partial charge in [-0.1, -0.05) is 6.92 Å². The van der Waals surface area contributed by atoms with Gasteiger partial charge in [0, 0.05) is 12.3 Å². The lowest BCUT2D eigenvalue weighted by atomic mass is 9.80. The molecule has 2 atom stereocenters. The molecule has 0 aliphatic heterocycles. The molecule has 2 unspecified atom stereocenters. The molecule has 1 aliphatic carbocycles. The summed E-state index contributed by atoms with van der Waals surface area (Å²) in [4.78, 5) is 22.4. The lowest BCUT2D eigenvalue weighted by Gasteiger charge is -2.23. The third-order valence-electron chi connectivity index (χ3n) is 2.65. The molecule has 1 fully saturated rings. The van der Waals surface area contributed by atoms with Gasteiger partial charge in [-0.25, -0.2) is 0 Å². The highest BCUT2D eigenvalue weighted by Crippen LogP contribution is 2.27. The molecule has 3 heteroatoms. The van der Waals surface area contributed by atoms with Crippen LogP contribution >= 0.6 is 0 Å². The van der Waals surface area contributed by atoms with E-state index >= 15 is 0 Å². The monoisotopic (exact) mass is 184 g/mol. The normalized spacial score (nSPS) is 28.6. The van der Waals surface area contributed by atoms with Gasteiger partial charge in [-0.2, -0.15) is 0 Å². The summed E-state index contributed by atoms with van der Waals surface area (Å²) >= 11 is 0. The lowest BCUT2D eigenvalue weighted by molar-refractivity contribution is -0.144. The Morgan fingerprint density at radius 1 is 1.54 bits per heavy atom. The van der Waals surface area contributed by atoms with Gasteiger partial charge in [0.1, 0.15) is 5.78 Å². The van der Waals surface area contributed by atoms with Gasteiger partial charge in [0.2, 0.25) is 0 Å². The van der Waals surface area contributed by atoms with E-state index in [1.807, 2.05) is 0 Å². The second-order valence-corrected chi connectivity index (χ2v) is 3.83. The first-order chi connectivity index (χ1) is 6.13. The number of esters is 1. The summed E-state index contributed by atoms with van der Waals surface area (Å²) in [6.07, 6.45) is 2.78. The summed E-state index contributed by atoms with van der Waals surface area (Å²) in [6, 6.07) is 0. The van der Waals surface area contributed by atoms with E-state index < -0.39 is 0 Å². The molecule has 0 aromatic heterocycles. The van der Waals surface area contributed by atoms with Crippen molar-refractivity contribution in [1.29, 1.82) is 0 Å². The van der Waals surface area contributed by atoms with Gasteiger partial charge in [0.15, 0.2) is 0 Å². The minimum absolute atomic E-state index is 0.0800. The highest BCUT2D eigenvalue weighted by atomic mass is 16.5. The highest BCUT2D eigenvalue weighted by molar-refractivity contribution is 5.86. The molecule has 0 N–H and O–H groups in total. The minimum Gasteiger partial charge on any atom is -0.469 e. The topological polar surface area (TPSA) is 43.4 Å². The molecule has 0 spiro atoms. The van der Waals surface area contributed by atoms with Crippen LogP contribution in [0.4, 0.5) is 0 Å². The molecule has 3 nitrogen and oxygen atoms in total. The molecule has 74 valence electrons. The zero-order valence-corrected chi connectivity index (χ0v) is 8.21. The van der Waals surface area contributed by atoms with Crippen LogP contribution in [0, 0.1) is 11.8 Å². The van der Waals surface area contributed by atoms with Gasteiger partial charge in [-0.05, 0) is 18.8 Å². The highest BCUT2D eigenvalue weighted by Gasteiger charge is 2.28. The number of ketones is 1. The molecule has 0 aromatic carbocycles. The van der Waals surface area contributed by atoms with Gasteiger partial charge in [-0.3, -0.25) is 9.59 Å². The van der Waals surface area contributed by atoms with Crippen LogP contribution in [0.25, 0.3) is 0 Å². The van der Waals surface area contributed by atoms with Crippen LogP contribution in [0.5, 0.6) is 0 Å². The van der Waals surface area contributed by atoms with Crippen LogP contribution in [0.2, 0.25) is 0 Å². The third kappa shape index (κ3) is 2.83. The van der Waals surface area contributed by atoms with Gasteiger partial charge in [0.25, 0.3) is 0 Å². The van der Waals surface area contributed by atoms with E-state index in [-0.39, 0.29) is 24.1 Å². The summed E-state index contributed by atoms with van der Waals surface area (Å²) in [6.45, 7) is 2.08. The van der Waals surface area contributed by atoms with Crippen molar-refractivity contribution in [2.75, 3.05) is 7.11 Å². The first-order valence-electron chi connectivity index (χ1n) is 4.73. The van der Waals surface area contributed by atoms with E-state index in [2.05, 4.69) is 11.7 Å². The van der Waals surface area contributed by atoms with Crippen molar-refractivity contribution >= 4 is 11.8 Å². The number of hydrogen-bond donors (Lipinski definition) is 0. The molecule has 0 aromatic rings. The Bertz CT molecular complexity index is 210. The predicted molar refractivity (Wildman–Crippen MR) is 48.1 cm³/mol. The molecule has 1 rings (SSSR count). The molecule has 1 aliphatic rings. The average molecular weight is 184 g/mol. The average Bonchev–Trinajstić information content (AvgIpc) is 2.09. The smallest absolute Gasteiger partial charge is 0.306 e. The van der Waals surface area contributed by atoms with E-state index in [9.17, 15) is 9.59 Å². The number of rotatable bonds is 2. The fourth-order valence-corrected chi connectivity index (χ4v) is 1.76. The number of carbonyl (C=O) groups excluding carboxylic acids is 2. The molecule has 0 saturated heterocycles. The summed E-state index contributed by atoms with van der Waals surface area (Å²) in [5.74, 6) is 0.363. The first kappa shape index (κ1) is 10.2. The predicted octanol–water partition coefficient (Wildman–Crippen LogP) is 1.55. The molecular weight excluding hydrogens is 168 g/mol. The Labute approximate surface area is 78.5 Å². The Balaban J connectivity index is 2.42. The van der Waals surface area contributed by atoms with Crippen LogP contribution in [-0.2, 0) is 14.3 Å². The number of ether oxygens (including phenoxy) is 1. The number of Topliss-reactive ketones (excluding diaryl/α,β-unsaturated/α-hetero) is 1. The number of carbonyl (C=O) groups is 2. The Kier molecular flexibility index (Phi) is 3.46. The van der Waals surface area contributed by atoms with Crippen molar-refractivity contribution in [2.45, 2.75) is 32.6 Å². The van der Waals surface area contributed by atoms with Crippen molar-refractivity contribution in [1.82, 2.24) is 0 Å². The number of methoxy groups -OCH3 is 1. The first-order valence-corrected chi connectivity index (χ1v) is 4.73. The summed E-state index contributed by atoms with van der Waals surface area (Å²) in [5.41, 5.74) is 0. The zero-order valence-electron chi connectivity index (χ0n) is 8.21. The van der Waals surface area contributed by atoms with Crippen molar-refractivity contribution in [3.05, 3.63) is 0 Å². The standard InChI is InChI=1S/C10H16O3/c1-7-3-4-8(9(11)5-7)6-10(12)13-2/h7-8H,3-6H2,1-2H3. The van der Waals surface area contributed by atoms with Crippen molar-refractivity contribution in [2.24, 2.45) is 11.8 Å².